The molecule has 2 aliphatic rings. The minimum Gasteiger partial charge on any atom is -0.456 e. The first-order valence-electron chi connectivity index (χ1n) is 21.8. The lowest BCUT2D eigenvalue weighted by Crippen LogP contribution is -2.25. The summed E-state index contributed by atoms with van der Waals surface area (Å²) in [6.45, 7) is 0. The number of para-hydroxylation sites is 1. The molecule has 10 aromatic carbocycles. The van der Waals surface area contributed by atoms with E-state index < -0.39 is 5.41 Å². The molecule has 0 radical (unpaired) electrons. The van der Waals surface area contributed by atoms with Crippen LogP contribution < -0.4 is 0 Å². The monoisotopic (exact) mass is 813 g/mol. The number of nitrogens with zero attached hydrogens (tertiary/aromatic N) is 3. The summed E-state index contributed by atoms with van der Waals surface area (Å²) in [5, 5.41) is 6.85. The summed E-state index contributed by atoms with van der Waals surface area (Å²) in [4.78, 5) is 16.2. The fourth-order valence-corrected chi connectivity index (χ4v) is 11.0. The lowest BCUT2D eigenvalue weighted by molar-refractivity contribution is 0.669. The van der Waals surface area contributed by atoms with E-state index in [1.54, 1.807) is 0 Å². The Balaban J connectivity index is 1.03. The predicted molar refractivity (Wildman–Crippen MR) is 260 cm³/mol. The zero-order valence-corrected chi connectivity index (χ0v) is 34.5. The third-order valence-corrected chi connectivity index (χ3v) is 13.7. The quantitative estimate of drug-likeness (QED) is 0.178. The minimum atomic E-state index is -0.526. The first kappa shape index (κ1) is 35.2. The smallest absolute Gasteiger partial charge is 0.164 e. The van der Waals surface area contributed by atoms with Crippen molar-refractivity contribution in [1.82, 2.24) is 15.0 Å². The fraction of sp³-hybridized carbons (Fsp3) is 0.0167. The van der Waals surface area contributed by atoms with Crippen molar-refractivity contribution in [1.29, 1.82) is 0 Å². The van der Waals surface area contributed by atoms with Gasteiger partial charge in [-0.1, -0.05) is 170 Å². The molecule has 0 bridgehead atoms. The van der Waals surface area contributed by atoms with Crippen LogP contribution in [-0.2, 0) is 5.41 Å². The van der Waals surface area contributed by atoms with Crippen LogP contribution in [0.5, 0.6) is 0 Å². The van der Waals surface area contributed by atoms with E-state index in [0.717, 1.165) is 66.1 Å². The van der Waals surface area contributed by atoms with Crippen molar-refractivity contribution in [3.8, 4) is 67.5 Å². The van der Waals surface area contributed by atoms with E-state index in [4.69, 9.17) is 19.4 Å². The number of hydrogen-bond acceptors (Lipinski definition) is 4. The van der Waals surface area contributed by atoms with Gasteiger partial charge in [0.05, 0.1) is 5.41 Å². The van der Waals surface area contributed by atoms with E-state index in [1.165, 1.54) is 49.7 Å². The second-order valence-electron chi connectivity index (χ2n) is 17.0. The van der Waals surface area contributed by atoms with Crippen molar-refractivity contribution in [3.05, 3.63) is 235 Å². The maximum absolute atomic E-state index is 6.23. The van der Waals surface area contributed by atoms with Gasteiger partial charge in [-0.05, 0) is 120 Å². The summed E-state index contributed by atoms with van der Waals surface area (Å²) in [6.07, 6.45) is 0. The first-order valence-corrected chi connectivity index (χ1v) is 21.8. The average molecular weight is 814 g/mol. The molecule has 2 heterocycles. The molecular weight excluding hydrogens is 779 g/mol. The van der Waals surface area contributed by atoms with Crippen LogP contribution in [0.4, 0.5) is 0 Å². The molecule has 296 valence electrons. The normalized spacial score (nSPS) is 14.6. The van der Waals surface area contributed by atoms with Crippen LogP contribution in [0.2, 0.25) is 0 Å². The van der Waals surface area contributed by atoms with Crippen LogP contribution in [0.1, 0.15) is 22.3 Å². The Labute approximate surface area is 368 Å². The highest BCUT2D eigenvalue weighted by Crippen LogP contribution is 2.64. The van der Waals surface area contributed by atoms with E-state index in [2.05, 4.69) is 182 Å². The summed E-state index contributed by atoms with van der Waals surface area (Å²) in [5.74, 6) is 1.89. The van der Waals surface area contributed by atoms with Crippen LogP contribution >= 0.6 is 0 Å². The van der Waals surface area contributed by atoms with Gasteiger partial charge in [-0.3, -0.25) is 0 Å². The Morgan fingerprint density at radius 3 is 1.75 bits per heavy atom. The van der Waals surface area contributed by atoms with Gasteiger partial charge in [0.2, 0.25) is 0 Å². The van der Waals surface area contributed by atoms with E-state index in [0.29, 0.717) is 17.5 Å². The molecule has 4 nitrogen and oxygen atoms in total. The van der Waals surface area contributed by atoms with E-state index >= 15 is 0 Å². The van der Waals surface area contributed by atoms with E-state index in [1.807, 2.05) is 30.3 Å². The van der Waals surface area contributed by atoms with Crippen LogP contribution in [0.15, 0.2) is 217 Å². The summed E-state index contributed by atoms with van der Waals surface area (Å²) in [7, 11) is 0. The van der Waals surface area contributed by atoms with Crippen molar-refractivity contribution in [2.75, 3.05) is 0 Å². The molecule has 2 aromatic heterocycles. The van der Waals surface area contributed by atoms with E-state index in [-0.39, 0.29) is 0 Å². The second kappa shape index (κ2) is 13.3. The highest BCUT2D eigenvalue weighted by atomic mass is 16.3. The van der Waals surface area contributed by atoms with Crippen molar-refractivity contribution in [3.63, 3.8) is 0 Å². The topological polar surface area (TPSA) is 51.8 Å². The van der Waals surface area contributed by atoms with Crippen molar-refractivity contribution >= 4 is 43.5 Å². The molecule has 1 spiro atoms. The molecule has 0 amide bonds. The van der Waals surface area contributed by atoms with Gasteiger partial charge in [0.15, 0.2) is 17.5 Å². The molecule has 4 heteroatoms. The Morgan fingerprint density at radius 2 is 0.906 bits per heavy atom. The molecule has 14 rings (SSSR count). The molecule has 1 atom stereocenters. The standard InChI is InChI=1S/C60H35N3O/c1-2-15-36(16-3-1)57-61-58(63-59(62-57)49-34-41(31-40-19-6-7-20-42(40)49)39-29-30-55-48(33-39)44-22-10-13-28-54(44)64-55)46-24-14-27-52-56(46)45-23-9-12-26-51(45)60(52)50-25-11-8-21-43(50)47-32-37-17-4-5-18-38(37)35-53(47)60/h1-35H. The molecule has 64 heavy (non-hydrogen) atoms. The maximum atomic E-state index is 6.23. The molecule has 0 aliphatic heterocycles. The largest absolute Gasteiger partial charge is 0.456 e. The Morgan fingerprint density at radius 1 is 0.297 bits per heavy atom. The number of fused-ring (bicyclic) bond motifs is 15. The lowest BCUT2D eigenvalue weighted by Gasteiger charge is -2.30. The number of benzene rings is 10. The van der Waals surface area contributed by atoms with E-state index in [9.17, 15) is 0 Å². The highest BCUT2D eigenvalue weighted by molar-refractivity contribution is 6.08. The maximum Gasteiger partial charge on any atom is 0.164 e. The molecule has 2 aliphatic carbocycles. The predicted octanol–water partition coefficient (Wildman–Crippen LogP) is 15.1. The summed E-state index contributed by atoms with van der Waals surface area (Å²) in [5.41, 5.74) is 16.3. The van der Waals surface area contributed by atoms with Crippen molar-refractivity contribution in [2.24, 2.45) is 0 Å². The van der Waals surface area contributed by atoms with Crippen molar-refractivity contribution < 1.29 is 4.42 Å². The second-order valence-corrected chi connectivity index (χ2v) is 17.0. The van der Waals surface area contributed by atoms with Crippen molar-refractivity contribution in [2.45, 2.75) is 5.41 Å². The number of furan rings is 1. The van der Waals surface area contributed by atoms with Gasteiger partial charge in [0, 0.05) is 27.5 Å². The average Bonchev–Trinajstić information content (AvgIpc) is 3.99. The SMILES string of the molecule is c1ccc(-c2nc(-c3cccc4c3-c3ccccc3C43c4ccccc4-c4cc5ccccc5cc43)nc(-c3cc(-c4ccc5oc6ccccc6c5c4)cc4ccccc34)n2)cc1. The molecule has 1 unspecified atom stereocenters. The third-order valence-electron chi connectivity index (χ3n) is 13.7. The molecule has 0 fully saturated rings. The minimum absolute atomic E-state index is 0.526. The molecule has 0 saturated carbocycles. The highest BCUT2D eigenvalue weighted by Gasteiger charge is 2.52. The zero-order valence-electron chi connectivity index (χ0n) is 34.5. The molecular formula is C60H35N3O. The van der Waals surface area contributed by atoms with Crippen LogP contribution in [0, 0.1) is 0 Å². The summed E-state index contributed by atoms with van der Waals surface area (Å²) >= 11 is 0. The lowest BCUT2D eigenvalue weighted by atomic mass is 9.70. The van der Waals surface area contributed by atoms with Gasteiger partial charge in [0.1, 0.15) is 11.2 Å². The fourth-order valence-electron chi connectivity index (χ4n) is 11.0. The zero-order chi connectivity index (χ0) is 41.9. The van der Waals surface area contributed by atoms with Gasteiger partial charge in [-0.15, -0.1) is 0 Å². The van der Waals surface area contributed by atoms with Gasteiger partial charge < -0.3 is 4.42 Å². The Bertz CT molecular complexity index is 3920. The van der Waals surface area contributed by atoms with Gasteiger partial charge in [-0.25, -0.2) is 15.0 Å². The van der Waals surface area contributed by atoms with Gasteiger partial charge in [0.25, 0.3) is 0 Å². The van der Waals surface area contributed by atoms with Crippen LogP contribution in [-0.4, -0.2) is 15.0 Å². The van der Waals surface area contributed by atoms with Crippen LogP contribution in [0.3, 0.4) is 0 Å². The Hall–Kier alpha value is -8.47. The number of rotatable bonds is 4. The molecule has 0 N–H and O–H groups in total. The first-order chi connectivity index (χ1) is 31.7. The van der Waals surface area contributed by atoms with Crippen LogP contribution in [0.25, 0.3) is 111 Å². The number of hydrogen-bond donors (Lipinski definition) is 0. The number of aromatic nitrogens is 3. The van der Waals surface area contributed by atoms with Gasteiger partial charge >= 0.3 is 0 Å². The Kier molecular flexibility index (Phi) is 7.29. The summed E-state index contributed by atoms with van der Waals surface area (Å²) < 4.78 is 6.23. The third kappa shape index (κ3) is 4.91. The summed E-state index contributed by atoms with van der Waals surface area (Å²) in [6, 6.07) is 76.3. The molecule has 12 aromatic rings. The van der Waals surface area contributed by atoms with Gasteiger partial charge in [-0.2, -0.15) is 0 Å². The molecule has 0 saturated heterocycles.